The lowest BCUT2D eigenvalue weighted by atomic mass is 10.2. The maximum atomic E-state index is 13.9. The minimum absolute atomic E-state index is 0.00540. The maximum Gasteiger partial charge on any atom is 0.414 e. The summed E-state index contributed by atoms with van der Waals surface area (Å²) in [6.45, 7) is 6.40. The first-order valence-corrected chi connectivity index (χ1v) is 14.3. The standard InChI is InChI=1S/C27H32F2N6O6S/c1-7-23(36)41-24-20(11-10-12-22(24)40-27(37)33(4)5)31-25-21(16-30-26(32-25)35(8-2)9-3)34(6)42(38,39)19-14-17(28)13-18(29)15-19/h10-16H,7-9H2,1-6H3,(H,30,31,32). The number of hydrogen-bond acceptors (Lipinski definition) is 10. The molecular weight excluding hydrogens is 574 g/mol. The van der Waals surface area contributed by atoms with Crippen molar-refractivity contribution in [2.75, 3.05) is 48.8 Å². The van der Waals surface area contributed by atoms with E-state index < -0.39 is 38.6 Å². The van der Waals surface area contributed by atoms with E-state index in [9.17, 15) is 26.8 Å². The smallest absolute Gasteiger partial charge is 0.414 e. The number of amides is 1. The second kappa shape index (κ2) is 13.4. The van der Waals surface area contributed by atoms with Crippen LogP contribution in [0.1, 0.15) is 27.2 Å². The van der Waals surface area contributed by atoms with Gasteiger partial charge in [-0.25, -0.2) is 27.0 Å². The number of halogens is 2. The first-order chi connectivity index (χ1) is 19.8. The van der Waals surface area contributed by atoms with Crippen molar-refractivity contribution in [1.29, 1.82) is 0 Å². The number of esters is 1. The van der Waals surface area contributed by atoms with E-state index in [0.29, 0.717) is 31.3 Å². The number of rotatable bonds is 11. The van der Waals surface area contributed by atoms with Crippen molar-refractivity contribution in [2.24, 2.45) is 0 Å². The van der Waals surface area contributed by atoms with Gasteiger partial charge >= 0.3 is 12.1 Å². The van der Waals surface area contributed by atoms with Crippen LogP contribution >= 0.6 is 0 Å². The number of carbonyl (C=O) groups excluding carboxylic acids is 2. The maximum absolute atomic E-state index is 13.9. The van der Waals surface area contributed by atoms with Gasteiger partial charge in [0.1, 0.15) is 17.3 Å². The van der Waals surface area contributed by atoms with Crippen molar-refractivity contribution >= 4 is 45.2 Å². The number of ether oxygens (including phenoxy) is 2. The van der Waals surface area contributed by atoms with Gasteiger partial charge in [-0.15, -0.1) is 0 Å². The Balaban J connectivity index is 2.20. The predicted octanol–water partition coefficient (Wildman–Crippen LogP) is 4.55. The van der Waals surface area contributed by atoms with Crippen molar-refractivity contribution < 1.29 is 36.3 Å². The van der Waals surface area contributed by atoms with Crippen LogP contribution in [0.15, 0.2) is 47.5 Å². The number of nitrogens with zero attached hydrogens (tertiary/aromatic N) is 5. The molecule has 0 saturated carbocycles. The molecule has 1 heterocycles. The molecule has 0 spiro atoms. The first-order valence-electron chi connectivity index (χ1n) is 12.9. The minimum Gasteiger partial charge on any atom is -0.420 e. The van der Waals surface area contributed by atoms with Gasteiger partial charge in [-0.05, 0) is 38.1 Å². The van der Waals surface area contributed by atoms with Gasteiger partial charge in [-0.1, -0.05) is 13.0 Å². The fraction of sp³-hybridized carbons (Fsp3) is 0.333. The lowest BCUT2D eigenvalue weighted by molar-refractivity contribution is -0.134. The lowest BCUT2D eigenvalue weighted by Gasteiger charge is -2.25. The number of carbonyl (C=O) groups is 2. The molecule has 0 fully saturated rings. The molecule has 1 N–H and O–H groups in total. The van der Waals surface area contributed by atoms with Gasteiger partial charge in [0.25, 0.3) is 10.0 Å². The predicted molar refractivity (Wildman–Crippen MR) is 153 cm³/mol. The molecule has 0 atom stereocenters. The van der Waals surface area contributed by atoms with Crippen LogP contribution in [0.25, 0.3) is 0 Å². The van der Waals surface area contributed by atoms with Crippen LogP contribution in [0.5, 0.6) is 11.5 Å². The van der Waals surface area contributed by atoms with E-state index in [1.54, 1.807) is 11.8 Å². The third-order valence-corrected chi connectivity index (χ3v) is 7.68. The van der Waals surface area contributed by atoms with Gasteiger partial charge in [0.15, 0.2) is 17.3 Å². The van der Waals surface area contributed by atoms with Gasteiger partial charge in [0.05, 0.1) is 16.8 Å². The summed E-state index contributed by atoms with van der Waals surface area (Å²) in [5, 5.41) is 2.97. The quantitative estimate of drug-likeness (QED) is 0.245. The molecule has 0 saturated heterocycles. The number of hydrogen-bond donors (Lipinski definition) is 1. The molecule has 1 aromatic heterocycles. The summed E-state index contributed by atoms with van der Waals surface area (Å²) in [7, 11) is -0.376. The Morgan fingerprint density at radius 1 is 0.976 bits per heavy atom. The average Bonchev–Trinajstić information content (AvgIpc) is 2.94. The van der Waals surface area contributed by atoms with Crippen LogP contribution in [0.4, 0.5) is 36.7 Å². The Labute approximate surface area is 242 Å². The third kappa shape index (κ3) is 7.21. The second-order valence-electron chi connectivity index (χ2n) is 9.00. The summed E-state index contributed by atoms with van der Waals surface area (Å²) >= 11 is 0. The van der Waals surface area contributed by atoms with Crippen molar-refractivity contribution in [3.8, 4) is 11.5 Å². The molecule has 0 bridgehead atoms. The molecule has 12 nitrogen and oxygen atoms in total. The highest BCUT2D eigenvalue weighted by atomic mass is 32.2. The summed E-state index contributed by atoms with van der Waals surface area (Å²) < 4.78 is 66.4. The molecule has 15 heteroatoms. The van der Waals surface area contributed by atoms with Gasteiger partial charge in [0, 0.05) is 46.7 Å². The Morgan fingerprint density at radius 2 is 1.62 bits per heavy atom. The Morgan fingerprint density at radius 3 is 2.19 bits per heavy atom. The van der Waals surface area contributed by atoms with Crippen molar-refractivity contribution in [1.82, 2.24) is 14.9 Å². The van der Waals surface area contributed by atoms with Gasteiger partial charge in [0.2, 0.25) is 5.95 Å². The second-order valence-corrected chi connectivity index (χ2v) is 11.0. The fourth-order valence-corrected chi connectivity index (χ4v) is 4.84. The number of sulfonamides is 1. The van der Waals surface area contributed by atoms with E-state index in [1.807, 2.05) is 13.8 Å². The zero-order chi connectivity index (χ0) is 31.2. The number of benzene rings is 2. The van der Waals surface area contributed by atoms with Crippen LogP contribution in [0.3, 0.4) is 0 Å². The van der Waals surface area contributed by atoms with Crippen molar-refractivity contribution in [2.45, 2.75) is 32.1 Å². The Kier molecular flexibility index (Phi) is 10.2. The summed E-state index contributed by atoms with van der Waals surface area (Å²) in [4.78, 5) is 35.8. The van der Waals surface area contributed by atoms with Crippen LogP contribution in [-0.2, 0) is 14.8 Å². The lowest BCUT2D eigenvalue weighted by Crippen LogP contribution is -2.29. The van der Waals surface area contributed by atoms with E-state index in [2.05, 4.69) is 15.3 Å². The van der Waals surface area contributed by atoms with E-state index in [0.717, 1.165) is 4.31 Å². The van der Waals surface area contributed by atoms with Gasteiger partial charge in [-0.2, -0.15) is 4.98 Å². The largest absolute Gasteiger partial charge is 0.420 e. The summed E-state index contributed by atoms with van der Waals surface area (Å²) in [5.41, 5.74) is 0.00735. The van der Waals surface area contributed by atoms with Crippen LogP contribution in [-0.4, -0.2) is 69.6 Å². The highest BCUT2D eigenvalue weighted by Gasteiger charge is 2.28. The summed E-state index contributed by atoms with van der Waals surface area (Å²) in [5.74, 6) is -2.82. The molecule has 2 aromatic carbocycles. The van der Waals surface area contributed by atoms with Crippen LogP contribution in [0.2, 0.25) is 0 Å². The monoisotopic (exact) mass is 606 g/mol. The fourth-order valence-electron chi connectivity index (χ4n) is 3.61. The molecule has 0 aliphatic carbocycles. The van der Waals surface area contributed by atoms with E-state index in [4.69, 9.17) is 9.47 Å². The molecule has 0 radical (unpaired) electrons. The molecule has 1 amide bonds. The zero-order valence-electron chi connectivity index (χ0n) is 24.0. The number of para-hydroxylation sites is 1. The van der Waals surface area contributed by atoms with Crippen molar-refractivity contribution in [3.05, 3.63) is 54.2 Å². The first kappa shape index (κ1) is 32.0. The summed E-state index contributed by atoms with van der Waals surface area (Å²) in [6.07, 6.45) is 0.510. The van der Waals surface area contributed by atoms with Crippen LogP contribution in [0, 0.1) is 11.6 Å². The summed E-state index contributed by atoms with van der Waals surface area (Å²) in [6, 6.07) is 6.39. The molecule has 0 aliphatic rings. The Bertz CT molecular complexity index is 1550. The average molecular weight is 607 g/mol. The molecule has 42 heavy (non-hydrogen) atoms. The highest BCUT2D eigenvalue weighted by molar-refractivity contribution is 7.92. The third-order valence-electron chi connectivity index (χ3n) is 5.94. The molecule has 3 aromatic rings. The number of aromatic nitrogens is 2. The van der Waals surface area contributed by atoms with E-state index in [1.165, 1.54) is 50.4 Å². The van der Waals surface area contributed by atoms with Crippen molar-refractivity contribution in [3.63, 3.8) is 0 Å². The SMILES string of the molecule is CCC(=O)Oc1c(Nc2nc(N(CC)CC)ncc2N(C)S(=O)(=O)c2cc(F)cc(F)c2)cccc1OC(=O)N(C)C. The number of anilines is 4. The zero-order valence-corrected chi connectivity index (χ0v) is 24.8. The molecular formula is C27H32F2N6O6S. The van der Waals surface area contributed by atoms with Gasteiger partial charge < -0.3 is 24.6 Å². The topological polar surface area (TPSA) is 134 Å². The van der Waals surface area contributed by atoms with Gasteiger partial charge in [-0.3, -0.25) is 9.10 Å². The molecule has 226 valence electrons. The number of nitrogens with one attached hydrogen (secondary N) is 1. The molecule has 0 aliphatic heterocycles. The Hall–Kier alpha value is -4.53. The van der Waals surface area contributed by atoms with E-state index in [-0.39, 0.29) is 41.1 Å². The highest BCUT2D eigenvalue weighted by Crippen LogP contribution is 2.40. The van der Waals surface area contributed by atoms with E-state index >= 15 is 0 Å². The molecule has 3 rings (SSSR count). The minimum atomic E-state index is -4.50. The van der Waals surface area contributed by atoms with Crippen LogP contribution < -0.4 is 24.0 Å². The molecule has 0 unspecified atom stereocenters. The normalized spacial score (nSPS) is 11.0.